The molecule has 2 aromatic rings. The maximum absolute atomic E-state index is 13.5. The van der Waals surface area contributed by atoms with Crippen molar-refractivity contribution in [1.82, 2.24) is 10.2 Å². The van der Waals surface area contributed by atoms with Gasteiger partial charge in [0.25, 0.3) is 0 Å². The van der Waals surface area contributed by atoms with Crippen LogP contribution in [0.4, 0.5) is 4.39 Å². The van der Waals surface area contributed by atoms with E-state index in [1.54, 1.807) is 18.2 Å². The van der Waals surface area contributed by atoms with Gasteiger partial charge in [0.1, 0.15) is 5.82 Å². The molecule has 124 valence electrons. The van der Waals surface area contributed by atoms with Gasteiger partial charge in [0, 0.05) is 37.8 Å². The Morgan fingerprint density at radius 1 is 1.12 bits per heavy atom. The number of hydrogen-bond acceptors (Lipinski definition) is 2. The Morgan fingerprint density at radius 2 is 1.88 bits per heavy atom. The molecule has 0 fully saturated rings. The van der Waals surface area contributed by atoms with Crippen molar-refractivity contribution in [2.24, 2.45) is 0 Å². The Morgan fingerprint density at radius 3 is 2.71 bits per heavy atom. The smallest absolute Gasteiger partial charge is 0.244 e. The van der Waals surface area contributed by atoms with Gasteiger partial charge in [0.2, 0.25) is 5.91 Å². The van der Waals surface area contributed by atoms with Crippen molar-refractivity contribution < 1.29 is 9.18 Å². The van der Waals surface area contributed by atoms with Crippen molar-refractivity contribution in [3.63, 3.8) is 0 Å². The van der Waals surface area contributed by atoms with Gasteiger partial charge in [0.15, 0.2) is 0 Å². The van der Waals surface area contributed by atoms with E-state index in [9.17, 15) is 9.18 Å². The van der Waals surface area contributed by atoms with Crippen LogP contribution in [0.25, 0.3) is 6.08 Å². The van der Waals surface area contributed by atoms with Crippen LogP contribution in [0.2, 0.25) is 0 Å². The summed E-state index contributed by atoms with van der Waals surface area (Å²) in [5.41, 5.74) is 3.21. The fourth-order valence-corrected chi connectivity index (χ4v) is 2.92. The molecule has 0 aromatic heterocycles. The van der Waals surface area contributed by atoms with Crippen molar-refractivity contribution in [2.75, 3.05) is 19.6 Å². The lowest BCUT2D eigenvalue weighted by Gasteiger charge is -2.28. The molecule has 24 heavy (non-hydrogen) atoms. The SMILES string of the molecule is O=C(/C=C\c1ccccc1F)NCCN1CCc2ccccc2C1. The summed E-state index contributed by atoms with van der Waals surface area (Å²) in [4.78, 5) is 14.2. The topological polar surface area (TPSA) is 32.3 Å². The van der Waals surface area contributed by atoms with Gasteiger partial charge in [-0.2, -0.15) is 0 Å². The number of nitrogens with zero attached hydrogens (tertiary/aromatic N) is 1. The highest BCUT2D eigenvalue weighted by atomic mass is 19.1. The molecule has 0 radical (unpaired) electrons. The van der Waals surface area contributed by atoms with E-state index in [2.05, 4.69) is 34.5 Å². The summed E-state index contributed by atoms with van der Waals surface area (Å²) in [6.07, 6.45) is 3.93. The van der Waals surface area contributed by atoms with Crippen molar-refractivity contribution in [3.05, 3.63) is 77.1 Å². The summed E-state index contributed by atoms with van der Waals surface area (Å²) in [5, 5.41) is 2.85. The summed E-state index contributed by atoms with van der Waals surface area (Å²) < 4.78 is 13.5. The normalized spacial score (nSPS) is 14.5. The molecule has 0 aliphatic carbocycles. The first-order chi connectivity index (χ1) is 11.7. The minimum atomic E-state index is -0.325. The first kappa shape index (κ1) is 16.4. The quantitative estimate of drug-likeness (QED) is 0.858. The molecule has 0 saturated heterocycles. The predicted molar refractivity (Wildman–Crippen MR) is 93.9 cm³/mol. The largest absolute Gasteiger partial charge is 0.351 e. The number of hydrogen-bond donors (Lipinski definition) is 1. The molecular weight excluding hydrogens is 303 g/mol. The van der Waals surface area contributed by atoms with Crippen molar-refractivity contribution >= 4 is 12.0 Å². The molecule has 2 aromatic carbocycles. The molecular formula is C20H21FN2O. The average Bonchev–Trinajstić information content (AvgIpc) is 2.61. The molecule has 1 heterocycles. The van der Waals surface area contributed by atoms with E-state index in [4.69, 9.17) is 0 Å². The summed E-state index contributed by atoms with van der Waals surface area (Å²) in [6, 6.07) is 14.9. The Hall–Kier alpha value is -2.46. The van der Waals surface area contributed by atoms with Gasteiger partial charge < -0.3 is 5.32 Å². The van der Waals surface area contributed by atoms with Crippen LogP contribution in [-0.2, 0) is 17.8 Å². The van der Waals surface area contributed by atoms with Gasteiger partial charge in [-0.3, -0.25) is 9.69 Å². The number of halogens is 1. The number of rotatable bonds is 5. The lowest BCUT2D eigenvalue weighted by molar-refractivity contribution is -0.116. The van der Waals surface area contributed by atoms with Crippen molar-refractivity contribution in [1.29, 1.82) is 0 Å². The van der Waals surface area contributed by atoms with Crippen LogP contribution in [0.1, 0.15) is 16.7 Å². The molecule has 0 saturated carbocycles. The van der Waals surface area contributed by atoms with Crippen LogP contribution >= 0.6 is 0 Å². The van der Waals surface area contributed by atoms with Crippen molar-refractivity contribution in [2.45, 2.75) is 13.0 Å². The standard InChI is InChI=1S/C20H21FN2O/c21-19-8-4-3-6-17(19)9-10-20(24)22-12-14-23-13-11-16-5-1-2-7-18(16)15-23/h1-10H,11-15H2,(H,22,24)/b10-9-. The summed E-state index contributed by atoms with van der Waals surface area (Å²) in [7, 11) is 0. The third-order valence-electron chi connectivity index (χ3n) is 4.26. The molecule has 1 aliphatic rings. The van der Waals surface area contributed by atoms with Crippen LogP contribution in [0, 0.1) is 5.82 Å². The highest BCUT2D eigenvalue weighted by molar-refractivity contribution is 5.91. The van der Waals surface area contributed by atoms with Crippen LogP contribution < -0.4 is 5.32 Å². The number of nitrogens with one attached hydrogen (secondary N) is 1. The first-order valence-electron chi connectivity index (χ1n) is 8.22. The van der Waals surface area contributed by atoms with Gasteiger partial charge in [-0.1, -0.05) is 42.5 Å². The molecule has 1 N–H and O–H groups in total. The molecule has 0 bridgehead atoms. The Labute approximate surface area is 141 Å². The van der Waals surface area contributed by atoms with Gasteiger partial charge in [-0.25, -0.2) is 4.39 Å². The highest BCUT2D eigenvalue weighted by Gasteiger charge is 2.14. The molecule has 3 nitrogen and oxygen atoms in total. The average molecular weight is 324 g/mol. The molecule has 1 amide bonds. The van der Waals surface area contributed by atoms with E-state index in [1.165, 1.54) is 29.3 Å². The van der Waals surface area contributed by atoms with E-state index in [0.717, 1.165) is 26.1 Å². The number of benzene rings is 2. The lowest BCUT2D eigenvalue weighted by Crippen LogP contribution is -2.37. The zero-order chi connectivity index (χ0) is 16.8. The van der Waals surface area contributed by atoms with Crippen LogP contribution in [-0.4, -0.2) is 30.4 Å². The zero-order valence-electron chi connectivity index (χ0n) is 13.5. The van der Waals surface area contributed by atoms with Gasteiger partial charge >= 0.3 is 0 Å². The second kappa shape index (κ2) is 7.88. The Bertz CT molecular complexity index is 742. The Kier molecular flexibility index (Phi) is 5.39. The fraction of sp³-hybridized carbons (Fsp3) is 0.250. The maximum atomic E-state index is 13.5. The van der Waals surface area contributed by atoms with E-state index in [1.807, 2.05) is 0 Å². The molecule has 3 rings (SSSR count). The Balaban J connectivity index is 1.44. The van der Waals surface area contributed by atoms with E-state index in [0.29, 0.717) is 12.1 Å². The summed E-state index contributed by atoms with van der Waals surface area (Å²) in [6.45, 7) is 3.34. The number of fused-ring (bicyclic) bond motifs is 1. The molecule has 0 spiro atoms. The third-order valence-corrected chi connectivity index (χ3v) is 4.26. The molecule has 0 atom stereocenters. The van der Waals surface area contributed by atoms with E-state index in [-0.39, 0.29) is 11.7 Å². The van der Waals surface area contributed by atoms with Gasteiger partial charge in [-0.05, 0) is 29.7 Å². The van der Waals surface area contributed by atoms with Crippen molar-refractivity contribution in [3.8, 4) is 0 Å². The minimum Gasteiger partial charge on any atom is -0.351 e. The molecule has 0 unspecified atom stereocenters. The van der Waals surface area contributed by atoms with Gasteiger partial charge in [0.05, 0.1) is 0 Å². The van der Waals surface area contributed by atoms with Crippen LogP contribution in [0.15, 0.2) is 54.6 Å². The summed E-state index contributed by atoms with van der Waals surface area (Å²) in [5.74, 6) is -0.524. The third kappa shape index (κ3) is 4.30. The number of carbonyl (C=O) groups excluding carboxylic acids is 1. The molecule has 1 aliphatic heterocycles. The zero-order valence-corrected chi connectivity index (χ0v) is 13.5. The monoisotopic (exact) mass is 324 g/mol. The van der Waals surface area contributed by atoms with E-state index < -0.39 is 0 Å². The molecule has 4 heteroatoms. The second-order valence-electron chi connectivity index (χ2n) is 5.94. The number of amides is 1. The lowest BCUT2D eigenvalue weighted by atomic mass is 10.00. The van der Waals surface area contributed by atoms with Crippen LogP contribution in [0.3, 0.4) is 0 Å². The van der Waals surface area contributed by atoms with Crippen LogP contribution in [0.5, 0.6) is 0 Å². The fourth-order valence-electron chi connectivity index (χ4n) is 2.92. The van der Waals surface area contributed by atoms with Gasteiger partial charge in [-0.15, -0.1) is 0 Å². The second-order valence-corrected chi connectivity index (χ2v) is 5.94. The summed E-state index contributed by atoms with van der Waals surface area (Å²) >= 11 is 0. The number of carbonyl (C=O) groups is 1. The highest BCUT2D eigenvalue weighted by Crippen LogP contribution is 2.17. The maximum Gasteiger partial charge on any atom is 0.244 e. The minimum absolute atomic E-state index is 0.198. The predicted octanol–water partition coefficient (Wildman–Crippen LogP) is 3.01. The van der Waals surface area contributed by atoms with E-state index >= 15 is 0 Å². The first-order valence-corrected chi connectivity index (χ1v) is 8.22.